The third-order valence-electron chi connectivity index (χ3n) is 4.49. The monoisotopic (exact) mass is 418 g/mol. The Kier molecular flexibility index (Phi) is 23.0. The molecule has 174 valence electrons. The second kappa shape index (κ2) is 23.6. The molecule has 6 heteroatoms. The molecule has 0 aliphatic heterocycles. The Labute approximate surface area is 178 Å². The molecule has 0 aromatic heterocycles. The van der Waals surface area contributed by atoms with Crippen LogP contribution in [0.3, 0.4) is 0 Å². The lowest BCUT2D eigenvalue weighted by molar-refractivity contribution is -0.144. The molecule has 1 atom stereocenters. The van der Waals surface area contributed by atoms with E-state index in [-0.39, 0.29) is 12.1 Å². The Morgan fingerprint density at radius 2 is 1.34 bits per heavy atom. The molecule has 0 fully saturated rings. The molecule has 0 rings (SSSR count). The molecule has 0 radical (unpaired) electrons. The van der Waals surface area contributed by atoms with Crippen molar-refractivity contribution < 1.29 is 28.5 Å². The van der Waals surface area contributed by atoms with Gasteiger partial charge in [-0.15, -0.1) is 0 Å². The summed E-state index contributed by atoms with van der Waals surface area (Å²) in [5, 5.41) is 0. The minimum atomic E-state index is -0.120. The quantitative estimate of drug-likeness (QED) is 0.173. The van der Waals surface area contributed by atoms with Crippen LogP contribution in [0.25, 0.3) is 0 Å². The zero-order valence-electron chi connectivity index (χ0n) is 19.3. The highest BCUT2D eigenvalue weighted by Crippen LogP contribution is 2.08. The third-order valence-corrected chi connectivity index (χ3v) is 4.49. The van der Waals surface area contributed by atoms with Crippen LogP contribution in [0, 0.1) is 0 Å². The van der Waals surface area contributed by atoms with Crippen molar-refractivity contribution >= 4 is 5.97 Å². The van der Waals surface area contributed by atoms with E-state index < -0.39 is 0 Å². The van der Waals surface area contributed by atoms with Crippen LogP contribution in [0.4, 0.5) is 0 Å². The van der Waals surface area contributed by atoms with Gasteiger partial charge in [0.2, 0.25) is 0 Å². The molecule has 0 saturated heterocycles. The summed E-state index contributed by atoms with van der Waals surface area (Å²) in [6.45, 7) is 10.8. The number of carbonyl (C=O) groups is 1. The fourth-order valence-electron chi connectivity index (χ4n) is 2.78. The average Bonchev–Trinajstić information content (AvgIpc) is 2.71. The van der Waals surface area contributed by atoms with E-state index in [0.29, 0.717) is 65.7 Å². The van der Waals surface area contributed by atoms with Gasteiger partial charge in [-0.3, -0.25) is 4.79 Å². The van der Waals surface area contributed by atoms with Gasteiger partial charge in [-0.1, -0.05) is 51.9 Å². The Morgan fingerprint density at radius 1 is 0.690 bits per heavy atom. The first-order chi connectivity index (χ1) is 14.2. The van der Waals surface area contributed by atoms with Crippen molar-refractivity contribution in [3.05, 3.63) is 0 Å². The molecule has 1 unspecified atom stereocenters. The van der Waals surface area contributed by atoms with E-state index in [1.807, 2.05) is 13.8 Å². The number of rotatable bonds is 23. The Balaban J connectivity index is 3.25. The van der Waals surface area contributed by atoms with Crippen LogP contribution in [0.1, 0.15) is 85.0 Å². The molecule has 29 heavy (non-hydrogen) atoms. The van der Waals surface area contributed by atoms with Gasteiger partial charge in [-0.2, -0.15) is 0 Å². The maximum atomic E-state index is 11.7. The molecule has 0 spiro atoms. The number of hydrogen-bond acceptors (Lipinski definition) is 6. The molecule has 0 heterocycles. The number of carbonyl (C=O) groups excluding carboxylic acids is 1. The summed E-state index contributed by atoms with van der Waals surface area (Å²) in [5.41, 5.74) is 0. The summed E-state index contributed by atoms with van der Waals surface area (Å²) in [6.07, 6.45) is 11.1. The van der Waals surface area contributed by atoms with Crippen molar-refractivity contribution in [2.24, 2.45) is 0 Å². The van der Waals surface area contributed by atoms with Crippen LogP contribution < -0.4 is 0 Å². The summed E-state index contributed by atoms with van der Waals surface area (Å²) >= 11 is 0. The highest BCUT2D eigenvalue weighted by molar-refractivity contribution is 5.69. The average molecular weight is 419 g/mol. The van der Waals surface area contributed by atoms with Crippen molar-refractivity contribution in [3.63, 3.8) is 0 Å². The van der Waals surface area contributed by atoms with Crippen molar-refractivity contribution in [1.82, 2.24) is 0 Å². The Morgan fingerprint density at radius 3 is 2.07 bits per heavy atom. The zero-order chi connectivity index (χ0) is 21.4. The third kappa shape index (κ3) is 23.5. The highest BCUT2D eigenvalue weighted by Gasteiger charge is 2.04. The predicted octanol–water partition coefficient (Wildman–Crippen LogP) is 4.93. The molecule has 0 aromatic carbocycles. The van der Waals surface area contributed by atoms with Gasteiger partial charge in [0, 0.05) is 19.6 Å². The first kappa shape index (κ1) is 28.3. The number of hydrogen-bond donors (Lipinski definition) is 0. The topological polar surface area (TPSA) is 63.2 Å². The zero-order valence-corrected chi connectivity index (χ0v) is 19.3. The maximum Gasteiger partial charge on any atom is 0.305 e. The molecule has 0 amide bonds. The van der Waals surface area contributed by atoms with Crippen LogP contribution in [-0.4, -0.2) is 64.9 Å². The molecule has 0 aliphatic rings. The minimum Gasteiger partial charge on any atom is -0.466 e. The summed E-state index contributed by atoms with van der Waals surface area (Å²) in [6, 6.07) is 0. The van der Waals surface area contributed by atoms with Gasteiger partial charge in [0.1, 0.15) is 0 Å². The lowest BCUT2D eigenvalue weighted by Crippen LogP contribution is -2.20. The fraction of sp³-hybridized carbons (Fsp3) is 0.957. The predicted molar refractivity (Wildman–Crippen MR) is 116 cm³/mol. The van der Waals surface area contributed by atoms with Gasteiger partial charge in [-0.05, 0) is 26.7 Å². The van der Waals surface area contributed by atoms with Crippen molar-refractivity contribution in [2.75, 3.05) is 52.9 Å². The van der Waals surface area contributed by atoms with Crippen molar-refractivity contribution in [1.29, 1.82) is 0 Å². The molecule has 6 nitrogen and oxygen atoms in total. The van der Waals surface area contributed by atoms with Gasteiger partial charge >= 0.3 is 5.97 Å². The van der Waals surface area contributed by atoms with Crippen LogP contribution in [0.15, 0.2) is 0 Å². The van der Waals surface area contributed by atoms with Gasteiger partial charge in [0.15, 0.2) is 0 Å². The van der Waals surface area contributed by atoms with Crippen LogP contribution in [-0.2, 0) is 28.5 Å². The summed E-state index contributed by atoms with van der Waals surface area (Å²) in [7, 11) is 0. The van der Waals surface area contributed by atoms with Crippen LogP contribution >= 0.6 is 0 Å². The molecule has 0 bridgehead atoms. The van der Waals surface area contributed by atoms with Crippen LogP contribution in [0.5, 0.6) is 0 Å². The Bertz CT molecular complexity index is 337. The lowest BCUT2D eigenvalue weighted by Gasteiger charge is -2.13. The first-order valence-corrected chi connectivity index (χ1v) is 11.7. The molecular weight excluding hydrogens is 372 g/mol. The van der Waals surface area contributed by atoms with Crippen LogP contribution in [0.2, 0.25) is 0 Å². The van der Waals surface area contributed by atoms with E-state index in [1.165, 1.54) is 38.5 Å². The summed E-state index contributed by atoms with van der Waals surface area (Å²) < 4.78 is 27.0. The lowest BCUT2D eigenvalue weighted by atomic mass is 10.1. The van der Waals surface area contributed by atoms with E-state index >= 15 is 0 Å². The second-order valence-corrected chi connectivity index (χ2v) is 7.36. The van der Waals surface area contributed by atoms with E-state index in [0.717, 1.165) is 12.8 Å². The Hall–Kier alpha value is -0.690. The molecular formula is C23H46O6. The standard InChI is InChI=1S/C23H46O6/c1-4-6-7-8-9-10-11-12-16-29-23(24)14-13-15-26-19-20-28-22(3)21-27-18-17-25-5-2/h22H,4-21H2,1-3H3. The minimum absolute atomic E-state index is 0.0338. The van der Waals surface area contributed by atoms with Gasteiger partial charge < -0.3 is 23.7 Å². The normalized spacial score (nSPS) is 12.2. The maximum absolute atomic E-state index is 11.7. The fourth-order valence-corrected chi connectivity index (χ4v) is 2.78. The first-order valence-electron chi connectivity index (χ1n) is 11.7. The number of esters is 1. The second-order valence-electron chi connectivity index (χ2n) is 7.36. The highest BCUT2D eigenvalue weighted by atomic mass is 16.6. The molecule has 0 aliphatic carbocycles. The van der Waals surface area contributed by atoms with E-state index in [4.69, 9.17) is 23.7 Å². The van der Waals surface area contributed by atoms with Crippen molar-refractivity contribution in [3.8, 4) is 0 Å². The van der Waals surface area contributed by atoms with E-state index in [9.17, 15) is 4.79 Å². The van der Waals surface area contributed by atoms with Gasteiger partial charge in [-0.25, -0.2) is 0 Å². The largest absolute Gasteiger partial charge is 0.466 e. The van der Waals surface area contributed by atoms with Gasteiger partial charge in [0.05, 0.1) is 45.7 Å². The smallest absolute Gasteiger partial charge is 0.305 e. The molecule has 0 aromatic rings. The summed E-state index contributed by atoms with van der Waals surface area (Å²) in [4.78, 5) is 11.7. The van der Waals surface area contributed by atoms with E-state index in [1.54, 1.807) is 0 Å². The SMILES string of the molecule is CCCCCCCCCCOC(=O)CCCOCCOC(C)COCCOCC. The molecule has 0 saturated carbocycles. The van der Waals surface area contributed by atoms with Gasteiger partial charge in [0.25, 0.3) is 0 Å². The van der Waals surface area contributed by atoms with E-state index in [2.05, 4.69) is 6.92 Å². The number of ether oxygens (including phenoxy) is 5. The molecule has 0 N–H and O–H groups in total. The van der Waals surface area contributed by atoms with Crippen molar-refractivity contribution in [2.45, 2.75) is 91.1 Å². The number of unbranched alkanes of at least 4 members (excludes halogenated alkanes) is 7. The summed E-state index contributed by atoms with van der Waals surface area (Å²) in [5.74, 6) is -0.120.